The number of carbonyl (C=O) groups excluding carboxylic acids is 1. The molecule has 5 nitrogen and oxygen atoms in total. The van der Waals surface area contributed by atoms with Crippen molar-refractivity contribution in [3.05, 3.63) is 75.2 Å². The summed E-state index contributed by atoms with van der Waals surface area (Å²) >= 11 is 12.4. The second-order valence-corrected chi connectivity index (χ2v) is 7.67. The predicted octanol–water partition coefficient (Wildman–Crippen LogP) is 5.08. The highest BCUT2D eigenvalue weighted by atomic mass is 35.5. The van der Waals surface area contributed by atoms with Crippen LogP contribution in [-0.2, 0) is 17.3 Å². The van der Waals surface area contributed by atoms with E-state index in [2.05, 4.69) is 10.2 Å². The lowest BCUT2D eigenvalue weighted by atomic mass is 9.88. The third-order valence-corrected chi connectivity index (χ3v) is 6.09. The van der Waals surface area contributed by atoms with Crippen LogP contribution in [0.5, 0.6) is 0 Å². The molecule has 7 heteroatoms. The summed E-state index contributed by atoms with van der Waals surface area (Å²) < 4.78 is 7.42. The normalized spacial score (nSPS) is 18.9. The lowest BCUT2D eigenvalue weighted by Gasteiger charge is -2.29. The molecule has 1 fully saturated rings. The number of fused-ring (bicyclic) bond motifs is 1. The maximum atomic E-state index is 13.2. The summed E-state index contributed by atoms with van der Waals surface area (Å²) in [6.07, 6.45) is 0.659. The second kappa shape index (κ2) is 7.14. The molecule has 1 amide bonds. The first-order chi connectivity index (χ1) is 13.4. The van der Waals surface area contributed by atoms with Gasteiger partial charge in [0.1, 0.15) is 5.69 Å². The van der Waals surface area contributed by atoms with Crippen molar-refractivity contribution in [1.82, 2.24) is 9.88 Å². The summed E-state index contributed by atoms with van der Waals surface area (Å²) in [4.78, 5) is 16.6. The molecule has 1 aromatic heterocycles. The average Bonchev–Trinajstić information content (AvgIpc) is 3.31. The fourth-order valence-corrected chi connectivity index (χ4v) is 4.05. The molecule has 4 rings (SSSR count). The first-order valence-corrected chi connectivity index (χ1v) is 9.52. The maximum Gasteiger partial charge on any atom is 0.268 e. The molecule has 1 aliphatic rings. The highest BCUT2D eigenvalue weighted by molar-refractivity contribution is 6.45. The van der Waals surface area contributed by atoms with Crippen molar-refractivity contribution in [2.45, 2.75) is 12.0 Å². The highest BCUT2D eigenvalue weighted by Crippen LogP contribution is 2.35. The number of nitrogens with zero attached hydrogens (tertiary/aromatic N) is 2. The lowest BCUT2D eigenvalue weighted by molar-refractivity contribution is 0.0868. The fraction of sp³-hybridized carbons (Fsp3) is 0.238. The van der Waals surface area contributed by atoms with Crippen LogP contribution in [0.1, 0.15) is 22.5 Å². The Bertz CT molecular complexity index is 1110. The number of hydrogen-bond acceptors (Lipinski definition) is 2. The Kier molecular flexibility index (Phi) is 4.80. The molecular weight excluding hydrogens is 397 g/mol. The molecule has 1 unspecified atom stereocenters. The zero-order chi connectivity index (χ0) is 19.9. The summed E-state index contributed by atoms with van der Waals surface area (Å²) in [5.41, 5.74) is 2.17. The number of aromatic nitrogens is 1. The number of nitrogens with one attached hydrogen (secondary N) is 1. The topological polar surface area (TPSA) is 47.6 Å². The first-order valence-electron chi connectivity index (χ1n) is 8.77. The van der Waals surface area contributed by atoms with Crippen molar-refractivity contribution < 1.29 is 9.53 Å². The molecule has 0 aliphatic carbocycles. The van der Waals surface area contributed by atoms with Gasteiger partial charge in [-0.3, -0.25) is 4.79 Å². The Morgan fingerprint density at radius 1 is 1.25 bits per heavy atom. The molecule has 0 saturated carbocycles. The van der Waals surface area contributed by atoms with Gasteiger partial charge in [-0.05, 0) is 23.8 Å². The van der Waals surface area contributed by atoms with Crippen molar-refractivity contribution in [3.63, 3.8) is 0 Å². The number of carbonyl (C=O) groups is 1. The number of amides is 1. The predicted molar refractivity (Wildman–Crippen MR) is 110 cm³/mol. The average molecular weight is 414 g/mol. The van der Waals surface area contributed by atoms with Gasteiger partial charge in [-0.25, -0.2) is 4.85 Å². The minimum absolute atomic E-state index is 0.217. The summed E-state index contributed by atoms with van der Waals surface area (Å²) in [5.74, 6) is -0.217. The summed E-state index contributed by atoms with van der Waals surface area (Å²) in [6.45, 7) is 8.05. The van der Waals surface area contributed by atoms with Crippen LogP contribution in [0.2, 0.25) is 10.0 Å². The summed E-state index contributed by atoms with van der Waals surface area (Å²) in [5, 5.41) is 4.78. The maximum absolute atomic E-state index is 13.2. The minimum atomic E-state index is -0.629. The van der Waals surface area contributed by atoms with Crippen molar-refractivity contribution in [2.24, 2.45) is 7.05 Å². The number of halogens is 2. The van der Waals surface area contributed by atoms with Crippen LogP contribution < -0.4 is 5.32 Å². The largest absolute Gasteiger partial charge is 0.379 e. The quantitative estimate of drug-likeness (QED) is 0.608. The van der Waals surface area contributed by atoms with Gasteiger partial charge in [0.25, 0.3) is 5.91 Å². The van der Waals surface area contributed by atoms with Gasteiger partial charge in [0, 0.05) is 31.0 Å². The van der Waals surface area contributed by atoms with E-state index in [9.17, 15) is 4.79 Å². The molecule has 2 heterocycles. The molecular formula is C21H17Cl2N3O2. The van der Waals surface area contributed by atoms with Crippen LogP contribution in [0, 0.1) is 6.57 Å². The van der Waals surface area contributed by atoms with Gasteiger partial charge in [0.05, 0.1) is 28.8 Å². The Morgan fingerprint density at radius 2 is 2.00 bits per heavy atom. The molecule has 142 valence electrons. The van der Waals surface area contributed by atoms with E-state index in [1.165, 1.54) is 0 Å². The Hall–Kier alpha value is -2.52. The van der Waals surface area contributed by atoms with E-state index in [0.717, 1.165) is 16.5 Å². The third-order valence-electron chi connectivity index (χ3n) is 5.27. The van der Waals surface area contributed by atoms with E-state index < -0.39 is 5.54 Å². The first kappa shape index (κ1) is 18.8. The van der Waals surface area contributed by atoms with Crippen molar-refractivity contribution >= 4 is 45.7 Å². The molecule has 28 heavy (non-hydrogen) atoms. The van der Waals surface area contributed by atoms with Gasteiger partial charge in [-0.2, -0.15) is 0 Å². The minimum Gasteiger partial charge on any atom is -0.379 e. The molecule has 1 atom stereocenters. The van der Waals surface area contributed by atoms with Gasteiger partial charge < -0.3 is 14.6 Å². The number of rotatable bonds is 3. The van der Waals surface area contributed by atoms with E-state index >= 15 is 0 Å². The van der Waals surface area contributed by atoms with Crippen molar-refractivity contribution in [2.75, 3.05) is 13.2 Å². The summed E-state index contributed by atoms with van der Waals surface area (Å²) in [6, 6.07) is 12.6. The van der Waals surface area contributed by atoms with Gasteiger partial charge in [-0.1, -0.05) is 47.5 Å². The van der Waals surface area contributed by atoms with Gasteiger partial charge in [0.15, 0.2) is 5.69 Å². The molecule has 0 bridgehead atoms. The number of hydrogen-bond donors (Lipinski definition) is 1. The molecule has 1 aliphatic heterocycles. The Morgan fingerprint density at radius 3 is 2.64 bits per heavy atom. The zero-order valence-electron chi connectivity index (χ0n) is 15.1. The zero-order valence-corrected chi connectivity index (χ0v) is 16.6. The molecule has 1 N–H and O–H groups in total. The molecule has 0 radical (unpaired) electrons. The molecule has 1 saturated heterocycles. The number of aryl methyl sites for hydroxylation is 1. The van der Waals surface area contributed by atoms with Crippen LogP contribution in [0.15, 0.2) is 42.5 Å². The van der Waals surface area contributed by atoms with E-state index in [1.54, 1.807) is 28.8 Å². The van der Waals surface area contributed by atoms with Crippen molar-refractivity contribution in [3.8, 4) is 0 Å². The van der Waals surface area contributed by atoms with E-state index in [-0.39, 0.29) is 5.91 Å². The van der Waals surface area contributed by atoms with E-state index in [1.807, 2.05) is 25.2 Å². The standard InChI is InChI=1S/C21H17Cl2N3O2/c1-24-14-5-3-13(4-6-14)21(9-10-28-12-21)25-20(27)18-11-15-17(26(18)2)8-7-16(22)19(15)23/h3-8,11H,9-10,12H2,2H3,(H,25,27). The van der Waals surface area contributed by atoms with E-state index in [0.29, 0.717) is 41.1 Å². The monoisotopic (exact) mass is 413 g/mol. The Balaban J connectivity index is 1.71. The van der Waals surface area contributed by atoms with Crippen LogP contribution in [0.3, 0.4) is 0 Å². The van der Waals surface area contributed by atoms with Gasteiger partial charge >= 0.3 is 0 Å². The summed E-state index contributed by atoms with van der Waals surface area (Å²) in [7, 11) is 1.82. The van der Waals surface area contributed by atoms with E-state index in [4.69, 9.17) is 34.5 Å². The lowest BCUT2D eigenvalue weighted by Crippen LogP contribution is -2.46. The fourth-order valence-electron chi connectivity index (χ4n) is 3.67. The number of benzene rings is 2. The second-order valence-electron chi connectivity index (χ2n) is 6.88. The molecule has 0 spiro atoms. The highest BCUT2D eigenvalue weighted by Gasteiger charge is 2.39. The van der Waals surface area contributed by atoms with Crippen LogP contribution in [0.25, 0.3) is 15.7 Å². The smallest absolute Gasteiger partial charge is 0.268 e. The molecule has 2 aromatic carbocycles. The van der Waals surface area contributed by atoms with Gasteiger partial charge in [-0.15, -0.1) is 0 Å². The third kappa shape index (κ3) is 3.04. The number of ether oxygens (including phenoxy) is 1. The van der Waals surface area contributed by atoms with Crippen LogP contribution in [0.4, 0.5) is 5.69 Å². The molecule has 3 aromatic rings. The van der Waals surface area contributed by atoms with Crippen LogP contribution >= 0.6 is 23.2 Å². The van der Waals surface area contributed by atoms with Crippen molar-refractivity contribution in [1.29, 1.82) is 0 Å². The Labute approximate surface area is 172 Å². The van der Waals surface area contributed by atoms with Crippen LogP contribution in [-0.4, -0.2) is 23.7 Å². The SMILES string of the molecule is [C-]#[N+]c1ccc(C2(NC(=O)c3cc4c(Cl)c(Cl)ccc4n3C)CCOC2)cc1. The van der Waals surface area contributed by atoms with Gasteiger partial charge in [0.2, 0.25) is 0 Å².